The Kier molecular flexibility index (Phi) is 6.42. The molecule has 0 aliphatic carbocycles. The van der Waals surface area contributed by atoms with Crippen LogP contribution >= 0.6 is 0 Å². The number of aryl methyl sites for hydroxylation is 1. The molecule has 3 N–H and O–H groups in total. The minimum Gasteiger partial charge on any atom is -0.445 e. The summed E-state index contributed by atoms with van der Waals surface area (Å²) in [5, 5.41) is 10.5. The average Bonchev–Trinajstić information content (AvgIpc) is 2.72. The van der Waals surface area contributed by atoms with E-state index in [-0.39, 0.29) is 25.1 Å². The summed E-state index contributed by atoms with van der Waals surface area (Å²) in [6.45, 7) is 3.09. The number of aliphatic hydroxyl groups is 1. The van der Waals surface area contributed by atoms with Crippen LogP contribution in [0.5, 0.6) is 0 Å². The quantitative estimate of drug-likeness (QED) is 0.846. The summed E-state index contributed by atoms with van der Waals surface area (Å²) in [6, 6.07) is 11.5. The van der Waals surface area contributed by atoms with Gasteiger partial charge in [0.1, 0.15) is 6.61 Å². The molecule has 0 saturated carbocycles. The second kappa shape index (κ2) is 8.97. The van der Waals surface area contributed by atoms with Crippen LogP contribution in [0.1, 0.15) is 36.1 Å². The number of amides is 1. The standard InChI is InChI=1S/C21H27N3O3/c1-2-15-3-5-16(6-4-15)14-27-21(26)24-12-9-18(19(25)13-24)20(22)17-7-10-23-11-8-17/h3-8,10-11,18-20,25H,2,9,12-14,22H2,1H3. The third-order valence-electron chi connectivity index (χ3n) is 5.24. The van der Waals surface area contributed by atoms with Gasteiger partial charge in [-0.1, -0.05) is 31.2 Å². The van der Waals surface area contributed by atoms with Crippen molar-refractivity contribution in [3.8, 4) is 0 Å². The number of aliphatic hydroxyl groups excluding tert-OH is 1. The third-order valence-corrected chi connectivity index (χ3v) is 5.24. The van der Waals surface area contributed by atoms with E-state index in [4.69, 9.17) is 10.5 Å². The van der Waals surface area contributed by atoms with Crippen LogP contribution in [0.15, 0.2) is 48.8 Å². The van der Waals surface area contributed by atoms with E-state index in [1.54, 1.807) is 17.3 Å². The molecule has 1 aromatic heterocycles. The molecule has 2 heterocycles. The number of hydrogen-bond acceptors (Lipinski definition) is 5. The largest absolute Gasteiger partial charge is 0.445 e. The number of rotatable bonds is 5. The number of nitrogens with two attached hydrogens (primary N) is 1. The minimum atomic E-state index is -0.682. The fraction of sp³-hybridized carbons (Fsp3) is 0.429. The second-order valence-electron chi connectivity index (χ2n) is 7.00. The first kappa shape index (κ1) is 19.3. The number of β-amino-alcohol motifs (C(OH)–C–C–N with tert-alkyl or cyclic N) is 1. The summed E-state index contributed by atoms with van der Waals surface area (Å²) in [7, 11) is 0. The van der Waals surface area contributed by atoms with Crippen LogP contribution in [0.3, 0.4) is 0 Å². The number of piperidine rings is 1. The summed E-state index contributed by atoms with van der Waals surface area (Å²) in [6.07, 6.45) is 3.92. The predicted octanol–water partition coefficient (Wildman–Crippen LogP) is 2.66. The summed E-state index contributed by atoms with van der Waals surface area (Å²) in [5.74, 6) is -0.0990. The highest BCUT2D eigenvalue weighted by molar-refractivity contribution is 5.67. The van der Waals surface area contributed by atoms with Gasteiger partial charge in [-0.3, -0.25) is 4.98 Å². The highest BCUT2D eigenvalue weighted by Gasteiger charge is 2.34. The van der Waals surface area contributed by atoms with E-state index in [9.17, 15) is 9.90 Å². The van der Waals surface area contributed by atoms with Gasteiger partial charge in [0.25, 0.3) is 0 Å². The number of aromatic nitrogens is 1. The number of likely N-dealkylation sites (tertiary alicyclic amines) is 1. The van der Waals surface area contributed by atoms with E-state index < -0.39 is 12.2 Å². The lowest BCUT2D eigenvalue weighted by atomic mass is 9.84. The van der Waals surface area contributed by atoms with Crippen molar-refractivity contribution in [3.63, 3.8) is 0 Å². The van der Waals surface area contributed by atoms with Gasteiger partial charge in [-0.25, -0.2) is 4.79 Å². The van der Waals surface area contributed by atoms with Gasteiger partial charge >= 0.3 is 6.09 Å². The molecule has 0 spiro atoms. The maximum atomic E-state index is 12.3. The summed E-state index contributed by atoms with van der Waals surface area (Å²) in [4.78, 5) is 17.9. The topological polar surface area (TPSA) is 88.7 Å². The first-order valence-corrected chi connectivity index (χ1v) is 9.41. The van der Waals surface area contributed by atoms with Crippen molar-refractivity contribution >= 4 is 6.09 Å². The van der Waals surface area contributed by atoms with E-state index in [2.05, 4.69) is 11.9 Å². The number of pyridine rings is 1. The third kappa shape index (κ3) is 4.84. The van der Waals surface area contributed by atoms with Gasteiger partial charge in [0.05, 0.1) is 12.6 Å². The Hall–Kier alpha value is -2.44. The minimum absolute atomic E-state index is 0.0990. The molecule has 3 atom stereocenters. The Morgan fingerprint density at radius 2 is 1.93 bits per heavy atom. The lowest BCUT2D eigenvalue weighted by molar-refractivity contribution is 0.00528. The Morgan fingerprint density at radius 1 is 1.26 bits per heavy atom. The molecular formula is C21H27N3O3. The number of ether oxygens (including phenoxy) is 1. The van der Waals surface area contributed by atoms with Gasteiger partial charge in [-0.15, -0.1) is 0 Å². The molecule has 1 aliphatic heterocycles. The fourth-order valence-corrected chi connectivity index (χ4v) is 3.47. The van der Waals surface area contributed by atoms with Crippen molar-refractivity contribution in [3.05, 3.63) is 65.5 Å². The monoisotopic (exact) mass is 369 g/mol. The molecule has 0 radical (unpaired) electrons. The maximum Gasteiger partial charge on any atom is 0.410 e. The molecule has 144 valence electrons. The summed E-state index contributed by atoms with van der Waals surface area (Å²) >= 11 is 0. The van der Waals surface area contributed by atoms with Gasteiger partial charge < -0.3 is 20.5 Å². The SMILES string of the molecule is CCc1ccc(COC(=O)N2CCC(C(N)c3ccncc3)C(O)C2)cc1. The number of carbonyl (C=O) groups excluding carboxylic acids is 1. The van der Waals surface area contributed by atoms with Crippen molar-refractivity contribution in [2.24, 2.45) is 11.7 Å². The molecular weight excluding hydrogens is 342 g/mol. The van der Waals surface area contributed by atoms with Crippen molar-refractivity contribution in [1.82, 2.24) is 9.88 Å². The Balaban J connectivity index is 1.51. The molecule has 1 fully saturated rings. The molecule has 2 aromatic rings. The lowest BCUT2D eigenvalue weighted by Gasteiger charge is -2.38. The molecule has 3 unspecified atom stereocenters. The van der Waals surface area contributed by atoms with Gasteiger partial charge in [-0.05, 0) is 41.7 Å². The fourth-order valence-electron chi connectivity index (χ4n) is 3.47. The smallest absolute Gasteiger partial charge is 0.410 e. The van der Waals surface area contributed by atoms with Crippen molar-refractivity contribution in [1.29, 1.82) is 0 Å². The highest BCUT2D eigenvalue weighted by atomic mass is 16.6. The number of hydrogen-bond donors (Lipinski definition) is 2. The second-order valence-corrected chi connectivity index (χ2v) is 7.00. The summed E-state index contributed by atoms with van der Waals surface area (Å²) < 4.78 is 5.41. The molecule has 6 nitrogen and oxygen atoms in total. The van der Waals surface area contributed by atoms with E-state index in [1.165, 1.54) is 5.56 Å². The lowest BCUT2D eigenvalue weighted by Crippen LogP contribution is -2.49. The van der Waals surface area contributed by atoms with Crippen LogP contribution in [0.2, 0.25) is 0 Å². The first-order chi connectivity index (χ1) is 13.1. The number of nitrogens with zero attached hydrogens (tertiary/aromatic N) is 2. The zero-order valence-corrected chi connectivity index (χ0v) is 15.6. The molecule has 1 saturated heterocycles. The van der Waals surface area contributed by atoms with Gasteiger partial charge in [0, 0.05) is 30.9 Å². The zero-order valence-electron chi connectivity index (χ0n) is 15.6. The average molecular weight is 369 g/mol. The van der Waals surface area contributed by atoms with Crippen LogP contribution in [-0.2, 0) is 17.8 Å². The molecule has 1 aliphatic rings. The van der Waals surface area contributed by atoms with E-state index in [0.29, 0.717) is 13.0 Å². The molecule has 1 amide bonds. The molecule has 6 heteroatoms. The van der Waals surface area contributed by atoms with Gasteiger partial charge in [0.15, 0.2) is 0 Å². The van der Waals surface area contributed by atoms with E-state index in [0.717, 1.165) is 17.5 Å². The molecule has 0 bridgehead atoms. The first-order valence-electron chi connectivity index (χ1n) is 9.41. The van der Waals surface area contributed by atoms with Crippen LogP contribution in [0, 0.1) is 5.92 Å². The molecule has 27 heavy (non-hydrogen) atoms. The van der Waals surface area contributed by atoms with Crippen LogP contribution in [-0.4, -0.2) is 40.3 Å². The van der Waals surface area contributed by atoms with Crippen LogP contribution in [0.4, 0.5) is 4.79 Å². The Bertz CT molecular complexity index is 736. The normalized spacial score (nSPS) is 20.9. The van der Waals surface area contributed by atoms with Crippen LogP contribution in [0.25, 0.3) is 0 Å². The molecule has 1 aromatic carbocycles. The Labute approximate surface area is 160 Å². The van der Waals surface area contributed by atoms with Crippen molar-refractivity contribution < 1.29 is 14.6 Å². The van der Waals surface area contributed by atoms with Gasteiger partial charge in [0.2, 0.25) is 0 Å². The van der Waals surface area contributed by atoms with Crippen molar-refractivity contribution in [2.75, 3.05) is 13.1 Å². The Morgan fingerprint density at radius 3 is 2.56 bits per heavy atom. The predicted molar refractivity (Wildman–Crippen MR) is 103 cm³/mol. The van der Waals surface area contributed by atoms with Crippen LogP contribution < -0.4 is 5.73 Å². The van der Waals surface area contributed by atoms with Crippen molar-refractivity contribution in [2.45, 2.75) is 38.5 Å². The van der Waals surface area contributed by atoms with E-state index in [1.807, 2.05) is 36.4 Å². The molecule has 3 rings (SSSR count). The number of benzene rings is 1. The maximum absolute atomic E-state index is 12.3. The van der Waals surface area contributed by atoms with E-state index >= 15 is 0 Å². The zero-order chi connectivity index (χ0) is 19.2. The van der Waals surface area contributed by atoms with Gasteiger partial charge in [-0.2, -0.15) is 0 Å². The summed E-state index contributed by atoms with van der Waals surface area (Å²) in [5.41, 5.74) is 9.47. The number of carbonyl (C=O) groups is 1. The highest BCUT2D eigenvalue weighted by Crippen LogP contribution is 2.29.